The molecule has 1 aromatic carbocycles. The molecular formula is C9H9BrClNO4S. The molecule has 0 aromatic heterocycles. The molecule has 8 heteroatoms. The SMILES string of the molecule is NC(=O)CCOc1ccc(Br)cc1S(=O)(=O)Cl. The molecule has 0 radical (unpaired) electrons. The lowest BCUT2D eigenvalue weighted by molar-refractivity contribution is -0.118. The predicted octanol–water partition coefficient (Wildman–Crippen LogP) is 1.63. The average molecular weight is 343 g/mol. The second-order valence-electron chi connectivity index (χ2n) is 3.09. The largest absolute Gasteiger partial charge is 0.492 e. The van der Waals surface area contributed by atoms with E-state index in [9.17, 15) is 13.2 Å². The monoisotopic (exact) mass is 341 g/mol. The predicted molar refractivity (Wildman–Crippen MR) is 66.5 cm³/mol. The number of halogens is 2. The molecule has 0 saturated carbocycles. The van der Waals surface area contributed by atoms with E-state index in [1.165, 1.54) is 12.1 Å². The third kappa shape index (κ3) is 4.53. The molecule has 0 aliphatic rings. The van der Waals surface area contributed by atoms with E-state index in [1.54, 1.807) is 6.07 Å². The van der Waals surface area contributed by atoms with Crippen LogP contribution >= 0.6 is 26.6 Å². The number of carbonyl (C=O) groups is 1. The number of benzene rings is 1. The van der Waals surface area contributed by atoms with Gasteiger partial charge in [-0.2, -0.15) is 0 Å². The minimum absolute atomic E-state index is 0.00215. The lowest BCUT2D eigenvalue weighted by Gasteiger charge is -2.09. The smallest absolute Gasteiger partial charge is 0.265 e. The first-order valence-corrected chi connectivity index (χ1v) is 7.56. The third-order valence-corrected chi connectivity index (χ3v) is 3.61. The minimum atomic E-state index is -3.91. The van der Waals surface area contributed by atoms with Gasteiger partial charge in [0, 0.05) is 15.2 Å². The van der Waals surface area contributed by atoms with Crippen LogP contribution in [0.5, 0.6) is 5.75 Å². The number of primary amides is 1. The van der Waals surface area contributed by atoms with Crippen molar-refractivity contribution in [1.82, 2.24) is 0 Å². The molecule has 0 aliphatic heterocycles. The van der Waals surface area contributed by atoms with Gasteiger partial charge in [-0.25, -0.2) is 8.42 Å². The summed E-state index contributed by atoms with van der Waals surface area (Å²) in [6.07, 6.45) is -0.00215. The first-order chi connectivity index (χ1) is 7.80. The fourth-order valence-electron chi connectivity index (χ4n) is 1.05. The molecule has 0 spiro atoms. The van der Waals surface area contributed by atoms with E-state index >= 15 is 0 Å². The highest BCUT2D eigenvalue weighted by Crippen LogP contribution is 2.30. The van der Waals surface area contributed by atoms with E-state index in [0.717, 1.165) is 0 Å². The van der Waals surface area contributed by atoms with Crippen molar-refractivity contribution in [1.29, 1.82) is 0 Å². The van der Waals surface area contributed by atoms with Crippen molar-refractivity contribution >= 4 is 41.6 Å². The van der Waals surface area contributed by atoms with Gasteiger partial charge in [-0.15, -0.1) is 0 Å². The van der Waals surface area contributed by atoms with Crippen LogP contribution in [0.25, 0.3) is 0 Å². The van der Waals surface area contributed by atoms with Crippen LogP contribution in [-0.2, 0) is 13.8 Å². The van der Waals surface area contributed by atoms with E-state index in [1.807, 2.05) is 0 Å². The number of nitrogens with two attached hydrogens (primary N) is 1. The summed E-state index contributed by atoms with van der Waals surface area (Å²) in [5.41, 5.74) is 4.93. The summed E-state index contributed by atoms with van der Waals surface area (Å²) in [4.78, 5) is 10.4. The normalized spacial score (nSPS) is 11.2. The van der Waals surface area contributed by atoms with Crippen LogP contribution in [0.1, 0.15) is 6.42 Å². The van der Waals surface area contributed by atoms with Crippen molar-refractivity contribution in [2.45, 2.75) is 11.3 Å². The zero-order valence-electron chi connectivity index (χ0n) is 8.52. The molecule has 0 aliphatic carbocycles. The number of ether oxygens (including phenoxy) is 1. The van der Waals surface area contributed by atoms with Gasteiger partial charge in [-0.05, 0) is 18.2 Å². The van der Waals surface area contributed by atoms with Crippen LogP contribution in [0.2, 0.25) is 0 Å². The summed E-state index contributed by atoms with van der Waals surface area (Å²) in [5, 5.41) is 0. The van der Waals surface area contributed by atoms with Crippen molar-refractivity contribution in [3.8, 4) is 5.75 Å². The van der Waals surface area contributed by atoms with Crippen molar-refractivity contribution in [3.63, 3.8) is 0 Å². The van der Waals surface area contributed by atoms with E-state index in [-0.39, 0.29) is 23.7 Å². The highest BCUT2D eigenvalue weighted by atomic mass is 79.9. The molecule has 0 saturated heterocycles. The maximum absolute atomic E-state index is 11.3. The van der Waals surface area contributed by atoms with Crippen LogP contribution in [0.3, 0.4) is 0 Å². The Balaban J connectivity index is 2.95. The van der Waals surface area contributed by atoms with E-state index in [4.69, 9.17) is 21.2 Å². The van der Waals surface area contributed by atoms with Gasteiger partial charge in [-0.3, -0.25) is 4.79 Å². The molecule has 0 bridgehead atoms. The van der Waals surface area contributed by atoms with Crippen LogP contribution < -0.4 is 10.5 Å². The molecular weight excluding hydrogens is 334 g/mol. The minimum Gasteiger partial charge on any atom is -0.492 e. The molecule has 5 nitrogen and oxygen atoms in total. The summed E-state index contributed by atoms with van der Waals surface area (Å²) in [6, 6.07) is 4.37. The first-order valence-electron chi connectivity index (χ1n) is 4.46. The Bertz CT molecular complexity index is 532. The molecule has 1 aromatic rings. The van der Waals surface area contributed by atoms with Gasteiger partial charge < -0.3 is 10.5 Å². The highest BCUT2D eigenvalue weighted by Gasteiger charge is 2.17. The van der Waals surface area contributed by atoms with Crippen LogP contribution in [-0.4, -0.2) is 20.9 Å². The van der Waals surface area contributed by atoms with Crippen LogP contribution in [0.15, 0.2) is 27.6 Å². The van der Waals surface area contributed by atoms with Crippen molar-refractivity contribution in [2.75, 3.05) is 6.61 Å². The Morgan fingerprint density at radius 1 is 1.47 bits per heavy atom. The maximum Gasteiger partial charge on any atom is 0.265 e. The van der Waals surface area contributed by atoms with E-state index < -0.39 is 15.0 Å². The summed E-state index contributed by atoms with van der Waals surface area (Å²) < 4.78 is 28.3. The molecule has 1 rings (SSSR count). The molecule has 0 heterocycles. The first kappa shape index (κ1) is 14.3. The Kier molecular flexibility index (Phi) is 4.79. The Labute approximate surface area is 111 Å². The van der Waals surface area contributed by atoms with E-state index in [2.05, 4.69) is 15.9 Å². The second kappa shape index (κ2) is 5.70. The topological polar surface area (TPSA) is 86.5 Å². The number of carbonyl (C=O) groups excluding carboxylic acids is 1. The maximum atomic E-state index is 11.3. The molecule has 0 unspecified atom stereocenters. The summed E-state index contributed by atoms with van der Waals surface area (Å²) in [6.45, 7) is -0.00360. The zero-order chi connectivity index (χ0) is 13.1. The molecule has 17 heavy (non-hydrogen) atoms. The highest BCUT2D eigenvalue weighted by molar-refractivity contribution is 9.10. The zero-order valence-corrected chi connectivity index (χ0v) is 11.7. The van der Waals surface area contributed by atoms with Crippen molar-refractivity contribution < 1.29 is 17.9 Å². The number of rotatable bonds is 5. The molecule has 1 amide bonds. The lowest BCUT2D eigenvalue weighted by Crippen LogP contribution is -2.15. The fourth-order valence-corrected chi connectivity index (χ4v) is 2.56. The Morgan fingerprint density at radius 2 is 2.12 bits per heavy atom. The third-order valence-electron chi connectivity index (χ3n) is 1.77. The molecule has 0 fully saturated rings. The molecule has 2 N–H and O–H groups in total. The summed E-state index contributed by atoms with van der Waals surface area (Å²) in [5.74, 6) is -0.443. The average Bonchev–Trinajstić information content (AvgIpc) is 2.18. The Hall–Kier alpha value is -0.790. The molecule has 94 valence electrons. The van der Waals surface area contributed by atoms with Gasteiger partial charge in [0.15, 0.2) is 0 Å². The Morgan fingerprint density at radius 3 is 2.65 bits per heavy atom. The van der Waals surface area contributed by atoms with Gasteiger partial charge in [0.1, 0.15) is 10.6 Å². The van der Waals surface area contributed by atoms with Crippen molar-refractivity contribution in [2.24, 2.45) is 5.73 Å². The van der Waals surface area contributed by atoms with Gasteiger partial charge in [0.05, 0.1) is 13.0 Å². The van der Waals surface area contributed by atoms with Gasteiger partial charge in [0.25, 0.3) is 9.05 Å². The number of hydrogen-bond acceptors (Lipinski definition) is 4. The van der Waals surface area contributed by atoms with E-state index in [0.29, 0.717) is 4.47 Å². The van der Waals surface area contributed by atoms with Crippen molar-refractivity contribution in [3.05, 3.63) is 22.7 Å². The number of amides is 1. The number of hydrogen-bond donors (Lipinski definition) is 1. The molecule has 0 atom stereocenters. The van der Waals surface area contributed by atoms with Gasteiger partial charge in [0.2, 0.25) is 5.91 Å². The summed E-state index contributed by atoms with van der Waals surface area (Å²) in [7, 11) is 1.35. The lowest BCUT2D eigenvalue weighted by atomic mass is 10.3. The van der Waals surface area contributed by atoms with Gasteiger partial charge in [-0.1, -0.05) is 15.9 Å². The quantitative estimate of drug-likeness (QED) is 0.824. The van der Waals surface area contributed by atoms with Gasteiger partial charge >= 0.3 is 0 Å². The van der Waals surface area contributed by atoms with Crippen LogP contribution in [0, 0.1) is 0 Å². The standard InChI is InChI=1S/C9H9BrClNO4S/c10-6-1-2-7(16-4-3-9(12)13)8(5-6)17(11,14)15/h1-2,5H,3-4H2,(H2,12,13). The fraction of sp³-hybridized carbons (Fsp3) is 0.222. The van der Waals surface area contributed by atoms with Crippen LogP contribution in [0.4, 0.5) is 0 Å². The second-order valence-corrected chi connectivity index (χ2v) is 6.54. The summed E-state index contributed by atoms with van der Waals surface area (Å²) >= 11 is 3.13.